The molecule has 2 heteroatoms. The molecule has 0 aliphatic heterocycles. The molecule has 0 radical (unpaired) electrons. The van der Waals surface area contributed by atoms with Crippen LogP contribution in [0.15, 0.2) is 18.2 Å². The maximum Gasteiger partial charge on any atom is 0.0642 e. The molecule has 0 aliphatic rings. The van der Waals surface area contributed by atoms with E-state index >= 15 is 0 Å². The topological polar surface area (TPSA) is 35.2 Å². The minimum absolute atomic E-state index is 0.281. The summed E-state index contributed by atoms with van der Waals surface area (Å²) in [6, 6.07) is 6.49. The third-order valence-electron chi connectivity index (χ3n) is 2.65. The molecule has 2 N–H and O–H groups in total. The molecule has 0 fully saturated rings. The summed E-state index contributed by atoms with van der Waals surface area (Å²) in [5.41, 5.74) is 9.76. The lowest BCUT2D eigenvalue weighted by molar-refractivity contribution is 0.141. The highest BCUT2D eigenvalue weighted by Crippen LogP contribution is 2.15. The van der Waals surface area contributed by atoms with Crippen molar-refractivity contribution in [3.05, 3.63) is 34.9 Å². The molecule has 15 heavy (non-hydrogen) atoms. The van der Waals surface area contributed by atoms with Gasteiger partial charge in [-0.3, -0.25) is 0 Å². The van der Waals surface area contributed by atoms with Crippen LogP contribution in [0.2, 0.25) is 0 Å². The summed E-state index contributed by atoms with van der Waals surface area (Å²) in [5.74, 6) is 0. The first-order valence-electron chi connectivity index (χ1n) is 5.28. The van der Waals surface area contributed by atoms with Crippen molar-refractivity contribution in [1.82, 2.24) is 0 Å². The fourth-order valence-electron chi connectivity index (χ4n) is 1.76. The lowest BCUT2D eigenvalue weighted by Crippen LogP contribution is -2.43. The zero-order valence-electron chi connectivity index (χ0n) is 10.1. The molecule has 0 amide bonds. The Labute approximate surface area is 92.4 Å². The number of aryl methyl sites for hydroxylation is 2. The number of ether oxygens (including phenoxy) is 1. The summed E-state index contributed by atoms with van der Waals surface area (Å²) in [5, 5.41) is 0. The van der Waals surface area contributed by atoms with Crippen LogP contribution in [-0.2, 0) is 11.2 Å². The van der Waals surface area contributed by atoms with Crippen molar-refractivity contribution >= 4 is 0 Å². The Morgan fingerprint density at radius 3 is 2.47 bits per heavy atom. The number of benzene rings is 1. The smallest absolute Gasteiger partial charge is 0.0642 e. The molecule has 1 rings (SSSR count). The van der Waals surface area contributed by atoms with Gasteiger partial charge in [-0.1, -0.05) is 18.2 Å². The molecule has 1 aromatic carbocycles. The Kier molecular flexibility index (Phi) is 3.89. The lowest BCUT2D eigenvalue weighted by Gasteiger charge is -2.23. The summed E-state index contributed by atoms with van der Waals surface area (Å²) in [4.78, 5) is 0. The lowest BCUT2D eigenvalue weighted by atomic mass is 9.93. The molecule has 1 aromatic rings. The monoisotopic (exact) mass is 207 g/mol. The van der Waals surface area contributed by atoms with E-state index in [1.54, 1.807) is 7.11 Å². The van der Waals surface area contributed by atoms with Gasteiger partial charge in [-0.2, -0.15) is 0 Å². The van der Waals surface area contributed by atoms with E-state index in [2.05, 4.69) is 32.0 Å². The van der Waals surface area contributed by atoms with Crippen LogP contribution in [0.3, 0.4) is 0 Å². The van der Waals surface area contributed by atoms with Crippen LogP contribution in [0.5, 0.6) is 0 Å². The number of hydrogen-bond donors (Lipinski definition) is 1. The Hall–Kier alpha value is -0.860. The van der Waals surface area contributed by atoms with Crippen LogP contribution < -0.4 is 5.73 Å². The second-order valence-corrected chi connectivity index (χ2v) is 4.68. The van der Waals surface area contributed by atoms with E-state index in [0.717, 1.165) is 6.42 Å². The zero-order valence-corrected chi connectivity index (χ0v) is 10.1. The normalized spacial score (nSPS) is 15.0. The van der Waals surface area contributed by atoms with Crippen LogP contribution in [0.1, 0.15) is 23.6 Å². The van der Waals surface area contributed by atoms with Gasteiger partial charge in [0.05, 0.1) is 6.61 Å². The standard InChI is InChI=1S/C13H21NO/c1-10-5-6-12(7-11(10)2)8-13(3,14)9-15-4/h5-7H,8-9,14H2,1-4H3. The van der Waals surface area contributed by atoms with Gasteiger partial charge in [0, 0.05) is 12.6 Å². The molecule has 84 valence electrons. The van der Waals surface area contributed by atoms with Crippen molar-refractivity contribution in [3.63, 3.8) is 0 Å². The predicted octanol–water partition coefficient (Wildman–Crippen LogP) is 2.21. The minimum Gasteiger partial charge on any atom is -0.383 e. The first-order valence-corrected chi connectivity index (χ1v) is 5.28. The molecule has 1 atom stereocenters. The molecule has 0 saturated carbocycles. The first kappa shape index (κ1) is 12.2. The van der Waals surface area contributed by atoms with Crippen LogP contribution in [0, 0.1) is 13.8 Å². The van der Waals surface area contributed by atoms with Gasteiger partial charge in [-0.15, -0.1) is 0 Å². The van der Waals surface area contributed by atoms with E-state index < -0.39 is 0 Å². The highest BCUT2D eigenvalue weighted by atomic mass is 16.5. The second-order valence-electron chi connectivity index (χ2n) is 4.68. The van der Waals surface area contributed by atoms with Gasteiger partial charge < -0.3 is 10.5 Å². The molecule has 0 aromatic heterocycles. The molecular weight excluding hydrogens is 186 g/mol. The minimum atomic E-state index is -0.281. The predicted molar refractivity (Wildman–Crippen MR) is 64.1 cm³/mol. The van der Waals surface area contributed by atoms with E-state index in [1.807, 2.05) is 6.92 Å². The van der Waals surface area contributed by atoms with Crippen molar-refractivity contribution < 1.29 is 4.74 Å². The molecular formula is C13H21NO. The van der Waals surface area contributed by atoms with Gasteiger partial charge in [0.15, 0.2) is 0 Å². The highest BCUT2D eigenvalue weighted by molar-refractivity contribution is 5.30. The van der Waals surface area contributed by atoms with Gasteiger partial charge in [-0.05, 0) is 43.9 Å². The zero-order chi connectivity index (χ0) is 11.5. The van der Waals surface area contributed by atoms with Gasteiger partial charge in [-0.25, -0.2) is 0 Å². The largest absolute Gasteiger partial charge is 0.383 e. The summed E-state index contributed by atoms with van der Waals surface area (Å²) in [6.45, 7) is 6.85. The SMILES string of the molecule is COCC(C)(N)Cc1ccc(C)c(C)c1. The van der Waals surface area contributed by atoms with Crippen molar-refractivity contribution in [3.8, 4) is 0 Å². The van der Waals surface area contributed by atoms with Crippen LogP contribution in [-0.4, -0.2) is 19.3 Å². The van der Waals surface area contributed by atoms with Crippen LogP contribution in [0.25, 0.3) is 0 Å². The third-order valence-corrected chi connectivity index (χ3v) is 2.65. The average molecular weight is 207 g/mol. The van der Waals surface area contributed by atoms with E-state index in [4.69, 9.17) is 10.5 Å². The highest BCUT2D eigenvalue weighted by Gasteiger charge is 2.18. The third kappa shape index (κ3) is 3.65. The van der Waals surface area contributed by atoms with Crippen molar-refractivity contribution in [2.75, 3.05) is 13.7 Å². The number of hydrogen-bond acceptors (Lipinski definition) is 2. The fourth-order valence-corrected chi connectivity index (χ4v) is 1.76. The maximum atomic E-state index is 6.12. The van der Waals surface area contributed by atoms with E-state index in [1.165, 1.54) is 16.7 Å². The number of rotatable bonds is 4. The summed E-state index contributed by atoms with van der Waals surface area (Å²) < 4.78 is 5.11. The first-order chi connectivity index (χ1) is 6.94. The molecule has 0 saturated heterocycles. The van der Waals surface area contributed by atoms with E-state index in [-0.39, 0.29) is 5.54 Å². The molecule has 0 bridgehead atoms. The van der Waals surface area contributed by atoms with E-state index in [9.17, 15) is 0 Å². The fraction of sp³-hybridized carbons (Fsp3) is 0.538. The molecule has 2 nitrogen and oxygen atoms in total. The summed E-state index contributed by atoms with van der Waals surface area (Å²) >= 11 is 0. The van der Waals surface area contributed by atoms with Gasteiger partial charge in [0.2, 0.25) is 0 Å². The van der Waals surface area contributed by atoms with Crippen molar-refractivity contribution in [1.29, 1.82) is 0 Å². The second kappa shape index (κ2) is 4.77. The van der Waals surface area contributed by atoms with Crippen molar-refractivity contribution in [2.24, 2.45) is 5.73 Å². The maximum absolute atomic E-state index is 6.12. The quantitative estimate of drug-likeness (QED) is 0.821. The van der Waals surface area contributed by atoms with Crippen molar-refractivity contribution in [2.45, 2.75) is 32.7 Å². The average Bonchev–Trinajstić information content (AvgIpc) is 2.10. The molecule has 1 unspecified atom stereocenters. The summed E-state index contributed by atoms with van der Waals surface area (Å²) in [6.07, 6.45) is 0.849. The molecule has 0 heterocycles. The van der Waals surface area contributed by atoms with Gasteiger partial charge in [0.25, 0.3) is 0 Å². The number of nitrogens with two attached hydrogens (primary N) is 1. The van der Waals surface area contributed by atoms with Gasteiger partial charge >= 0.3 is 0 Å². The van der Waals surface area contributed by atoms with E-state index in [0.29, 0.717) is 6.61 Å². The summed E-state index contributed by atoms with van der Waals surface area (Å²) in [7, 11) is 1.69. The van der Waals surface area contributed by atoms with Gasteiger partial charge in [0.1, 0.15) is 0 Å². The Morgan fingerprint density at radius 1 is 1.27 bits per heavy atom. The van der Waals surface area contributed by atoms with Crippen LogP contribution in [0.4, 0.5) is 0 Å². The Morgan fingerprint density at radius 2 is 1.93 bits per heavy atom. The Balaban J connectivity index is 2.76. The van der Waals surface area contributed by atoms with Crippen LogP contribution >= 0.6 is 0 Å². The number of methoxy groups -OCH3 is 1. The molecule has 0 aliphatic carbocycles. The molecule has 0 spiro atoms. The Bertz CT molecular complexity index is 331.